The molecule has 24 heavy (non-hydrogen) atoms. The number of anilines is 2. The van der Waals surface area contributed by atoms with Gasteiger partial charge in [0.2, 0.25) is 0 Å². The van der Waals surface area contributed by atoms with Crippen molar-refractivity contribution in [3.05, 3.63) is 35.9 Å². The van der Waals surface area contributed by atoms with E-state index in [-0.39, 0.29) is 17.2 Å². The zero-order chi connectivity index (χ0) is 17.7. The largest absolute Gasteiger partial charge is 0.493 e. The van der Waals surface area contributed by atoms with Gasteiger partial charge < -0.3 is 30.0 Å². The van der Waals surface area contributed by atoms with E-state index in [2.05, 4.69) is 5.32 Å². The molecule has 0 aliphatic rings. The van der Waals surface area contributed by atoms with Gasteiger partial charge in [0.1, 0.15) is 0 Å². The number of nitrogen functional groups attached to an aromatic ring is 1. The lowest BCUT2D eigenvalue weighted by atomic mass is 10.1. The summed E-state index contributed by atoms with van der Waals surface area (Å²) >= 11 is 0. The van der Waals surface area contributed by atoms with E-state index < -0.39 is 0 Å². The molecule has 0 spiro atoms. The first-order valence-electron chi connectivity index (χ1n) is 7.09. The number of benzene rings is 2. The van der Waals surface area contributed by atoms with E-state index >= 15 is 0 Å². The molecule has 0 aliphatic heterocycles. The molecule has 7 nitrogen and oxygen atoms in total. The topological polar surface area (TPSA) is 92.0 Å². The van der Waals surface area contributed by atoms with Crippen LogP contribution in [0.1, 0.15) is 10.4 Å². The van der Waals surface area contributed by atoms with Gasteiger partial charge in [-0.05, 0) is 18.2 Å². The maximum atomic E-state index is 12.5. The molecule has 7 heteroatoms. The highest BCUT2D eigenvalue weighted by atomic mass is 16.5. The van der Waals surface area contributed by atoms with Crippen LogP contribution in [-0.2, 0) is 0 Å². The fourth-order valence-corrected chi connectivity index (χ4v) is 2.20. The second-order valence-corrected chi connectivity index (χ2v) is 4.82. The van der Waals surface area contributed by atoms with E-state index in [0.717, 1.165) is 0 Å². The molecule has 2 aromatic carbocycles. The van der Waals surface area contributed by atoms with Gasteiger partial charge in [0, 0.05) is 23.5 Å². The van der Waals surface area contributed by atoms with Gasteiger partial charge in [-0.15, -0.1) is 0 Å². The number of rotatable bonds is 6. The second-order valence-electron chi connectivity index (χ2n) is 4.82. The Morgan fingerprint density at radius 1 is 0.833 bits per heavy atom. The Morgan fingerprint density at radius 3 is 1.96 bits per heavy atom. The molecule has 0 saturated heterocycles. The molecule has 1 amide bonds. The highest BCUT2D eigenvalue weighted by molar-refractivity contribution is 6.08. The van der Waals surface area contributed by atoms with Gasteiger partial charge in [-0.1, -0.05) is 0 Å². The Hall–Kier alpha value is -3.09. The standard InChI is InChI=1S/C17H20N2O5/c1-21-13-6-5-10(7-14(13)22-2)19-17(20)11-8-15(23-3)16(24-4)9-12(11)18/h5-9H,18H2,1-4H3,(H,19,20). The average molecular weight is 332 g/mol. The molecule has 0 atom stereocenters. The van der Waals surface area contributed by atoms with Crippen LogP contribution in [0.15, 0.2) is 30.3 Å². The number of hydrogen-bond acceptors (Lipinski definition) is 6. The average Bonchev–Trinajstić information content (AvgIpc) is 2.60. The fourth-order valence-electron chi connectivity index (χ4n) is 2.20. The minimum absolute atomic E-state index is 0.280. The summed E-state index contributed by atoms with van der Waals surface area (Å²) in [6.07, 6.45) is 0. The summed E-state index contributed by atoms with van der Waals surface area (Å²) in [6, 6.07) is 8.14. The quantitative estimate of drug-likeness (QED) is 0.790. The summed E-state index contributed by atoms with van der Waals surface area (Å²) in [5.41, 5.74) is 7.05. The molecular weight excluding hydrogens is 312 g/mol. The van der Waals surface area contributed by atoms with Gasteiger partial charge in [0.05, 0.1) is 34.0 Å². The van der Waals surface area contributed by atoms with Crippen molar-refractivity contribution in [2.45, 2.75) is 0 Å². The Kier molecular flexibility index (Phi) is 5.36. The van der Waals surface area contributed by atoms with Gasteiger partial charge in [-0.2, -0.15) is 0 Å². The van der Waals surface area contributed by atoms with Crippen LogP contribution < -0.4 is 30.0 Å². The third kappa shape index (κ3) is 3.45. The van der Waals surface area contributed by atoms with Crippen molar-refractivity contribution in [1.82, 2.24) is 0 Å². The third-order valence-electron chi connectivity index (χ3n) is 3.44. The minimum Gasteiger partial charge on any atom is -0.493 e. The van der Waals surface area contributed by atoms with Crippen molar-refractivity contribution in [3.63, 3.8) is 0 Å². The van der Waals surface area contributed by atoms with Crippen LogP contribution in [0.2, 0.25) is 0 Å². The van der Waals surface area contributed by atoms with Crippen LogP contribution in [0.3, 0.4) is 0 Å². The van der Waals surface area contributed by atoms with Crippen LogP contribution in [-0.4, -0.2) is 34.3 Å². The lowest BCUT2D eigenvalue weighted by Gasteiger charge is -2.13. The highest BCUT2D eigenvalue weighted by Crippen LogP contribution is 2.33. The highest BCUT2D eigenvalue weighted by Gasteiger charge is 2.16. The Balaban J connectivity index is 2.30. The summed E-state index contributed by atoms with van der Waals surface area (Å²) in [5, 5.41) is 2.76. The summed E-state index contributed by atoms with van der Waals surface area (Å²) in [7, 11) is 6.06. The van der Waals surface area contributed by atoms with Crippen LogP contribution >= 0.6 is 0 Å². The molecule has 0 unspecified atom stereocenters. The molecule has 0 bridgehead atoms. The van der Waals surface area contributed by atoms with Crippen molar-refractivity contribution >= 4 is 17.3 Å². The van der Waals surface area contributed by atoms with E-state index in [9.17, 15) is 4.79 Å². The van der Waals surface area contributed by atoms with Gasteiger partial charge in [0.25, 0.3) is 5.91 Å². The first-order valence-corrected chi connectivity index (χ1v) is 7.09. The maximum Gasteiger partial charge on any atom is 0.257 e. The van der Waals surface area contributed by atoms with Gasteiger partial charge >= 0.3 is 0 Å². The second kappa shape index (κ2) is 7.45. The molecule has 0 heterocycles. The van der Waals surface area contributed by atoms with E-state index in [1.807, 2.05) is 0 Å². The van der Waals surface area contributed by atoms with Gasteiger partial charge in [-0.3, -0.25) is 4.79 Å². The zero-order valence-corrected chi connectivity index (χ0v) is 14.0. The lowest BCUT2D eigenvalue weighted by Crippen LogP contribution is -2.14. The minimum atomic E-state index is -0.374. The molecule has 0 radical (unpaired) electrons. The van der Waals surface area contributed by atoms with E-state index in [0.29, 0.717) is 28.7 Å². The van der Waals surface area contributed by atoms with Crippen LogP contribution in [0.4, 0.5) is 11.4 Å². The molecule has 2 aromatic rings. The first-order chi connectivity index (χ1) is 11.5. The summed E-state index contributed by atoms with van der Waals surface area (Å²) < 4.78 is 20.7. The van der Waals surface area contributed by atoms with Crippen molar-refractivity contribution < 1.29 is 23.7 Å². The predicted molar refractivity (Wildman–Crippen MR) is 91.5 cm³/mol. The Bertz CT molecular complexity index is 746. The predicted octanol–water partition coefficient (Wildman–Crippen LogP) is 2.56. The maximum absolute atomic E-state index is 12.5. The molecule has 0 aliphatic carbocycles. The molecule has 2 rings (SSSR count). The van der Waals surface area contributed by atoms with Gasteiger partial charge in [0.15, 0.2) is 23.0 Å². The lowest BCUT2D eigenvalue weighted by molar-refractivity contribution is 0.102. The molecule has 128 valence electrons. The van der Waals surface area contributed by atoms with E-state index in [1.165, 1.54) is 27.4 Å². The third-order valence-corrected chi connectivity index (χ3v) is 3.44. The Labute approximate surface area is 140 Å². The van der Waals surface area contributed by atoms with Crippen LogP contribution in [0, 0.1) is 0 Å². The number of hydrogen-bond donors (Lipinski definition) is 2. The summed E-state index contributed by atoms with van der Waals surface area (Å²) in [4.78, 5) is 12.5. The fraction of sp³-hybridized carbons (Fsp3) is 0.235. The number of nitrogens with two attached hydrogens (primary N) is 1. The molecule has 0 saturated carbocycles. The monoisotopic (exact) mass is 332 g/mol. The van der Waals surface area contributed by atoms with Crippen LogP contribution in [0.25, 0.3) is 0 Å². The number of nitrogens with one attached hydrogen (secondary N) is 1. The number of carbonyl (C=O) groups is 1. The summed E-state index contributed by atoms with van der Waals surface area (Å²) in [5.74, 6) is 1.58. The summed E-state index contributed by atoms with van der Waals surface area (Å²) in [6.45, 7) is 0. The number of methoxy groups -OCH3 is 4. The van der Waals surface area contributed by atoms with Crippen molar-refractivity contribution in [1.29, 1.82) is 0 Å². The molecule has 3 N–H and O–H groups in total. The van der Waals surface area contributed by atoms with E-state index in [4.69, 9.17) is 24.7 Å². The smallest absolute Gasteiger partial charge is 0.257 e. The number of amides is 1. The molecule has 0 fully saturated rings. The van der Waals surface area contributed by atoms with Crippen molar-refractivity contribution in [2.75, 3.05) is 39.5 Å². The SMILES string of the molecule is COc1ccc(NC(=O)c2cc(OC)c(OC)cc2N)cc1OC. The molecular formula is C17H20N2O5. The van der Waals surface area contributed by atoms with Crippen molar-refractivity contribution in [3.8, 4) is 23.0 Å². The Morgan fingerprint density at radius 2 is 1.38 bits per heavy atom. The first kappa shape index (κ1) is 17.3. The number of carbonyl (C=O) groups excluding carboxylic acids is 1. The van der Waals surface area contributed by atoms with Gasteiger partial charge in [-0.25, -0.2) is 0 Å². The van der Waals surface area contributed by atoms with Crippen LogP contribution in [0.5, 0.6) is 23.0 Å². The normalized spacial score (nSPS) is 10.0. The number of ether oxygens (including phenoxy) is 4. The zero-order valence-electron chi connectivity index (χ0n) is 14.0. The molecule has 0 aromatic heterocycles. The van der Waals surface area contributed by atoms with Crippen molar-refractivity contribution in [2.24, 2.45) is 0 Å². The van der Waals surface area contributed by atoms with E-state index in [1.54, 1.807) is 31.4 Å².